The third kappa shape index (κ3) is 3.74. The number of rotatable bonds is 5. The van der Waals surface area contributed by atoms with E-state index in [1.54, 1.807) is 6.07 Å². The van der Waals surface area contributed by atoms with Crippen LogP contribution in [0.4, 0.5) is 0 Å². The van der Waals surface area contributed by atoms with Crippen molar-refractivity contribution in [2.24, 2.45) is 5.92 Å². The molecule has 1 aromatic heterocycles. The van der Waals surface area contributed by atoms with Crippen LogP contribution in [0.5, 0.6) is 0 Å². The van der Waals surface area contributed by atoms with Crippen LogP contribution in [0.3, 0.4) is 0 Å². The first kappa shape index (κ1) is 16.0. The molecule has 0 spiro atoms. The highest BCUT2D eigenvalue weighted by molar-refractivity contribution is 5.92. The molecular formula is C17H25N3O3. The van der Waals surface area contributed by atoms with E-state index in [4.69, 9.17) is 4.52 Å². The van der Waals surface area contributed by atoms with Gasteiger partial charge in [0, 0.05) is 37.5 Å². The number of likely N-dealkylation sites (tertiary alicyclic amines) is 1. The van der Waals surface area contributed by atoms with Gasteiger partial charge in [-0.1, -0.05) is 19.0 Å². The molecule has 1 saturated heterocycles. The maximum atomic E-state index is 12.3. The van der Waals surface area contributed by atoms with E-state index < -0.39 is 0 Å². The maximum Gasteiger partial charge on any atom is 0.273 e. The molecule has 126 valence electrons. The van der Waals surface area contributed by atoms with Crippen LogP contribution in [0.15, 0.2) is 10.6 Å². The fraction of sp³-hybridized carbons (Fsp3) is 0.706. The van der Waals surface area contributed by atoms with Crippen molar-refractivity contribution in [3.05, 3.63) is 17.5 Å². The van der Waals surface area contributed by atoms with Crippen molar-refractivity contribution in [3.63, 3.8) is 0 Å². The van der Waals surface area contributed by atoms with E-state index >= 15 is 0 Å². The van der Waals surface area contributed by atoms with Crippen molar-refractivity contribution < 1.29 is 14.1 Å². The molecule has 0 bridgehead atoms. The zero-order valence-corrected chi connectivity index (χ0v) is 13.9. The Morgan fingerprint density at radius 1 is 1.39 bits per heavy atom. The summed E-state index contributed by atoms with van der Waals surface area (Å²) < 4.78 is 5.24. The van der Waals surface area contributed by atoms with E-state index in [9.17, 15) is 9.59 Å². The first-order valence-electron chi connectivity index (χ1n) is 8.63. The molecule has 1 N–H and O–H groups in total. The molecule has 1 aliphatic heterocycles. The maximum absolute atomic E-state index is 12.3. The van der Waals surface area contributed by atoms with E-state index in [0.29, 0.717) is 31.1 Å². The molecule has 6 nitrogen and oxygen atoms in total. The summed E-state index contributed by atoms with van der Waals surface area (Å²) in [7, 11) is 0. The summed E-state index contributed by atoms with van der Waals surface area (Å²) in [5, 5.41) is 6.93. The van der Waals surface area contributed by atoms with Gasteiger partial charge in [0.1, 0.15) is 5.76 Å². The van der Waals surface area contributed by atoms with Gasteiger partial charge in [-0.25, -0.2) is 0 Å². The van der Waals surface area contributed by atoms with E-state index in [0.717, 1.165) is 31.4 Å². The van der Waals surface area contributed by atoms with Gasteiger partial charge in [0.15, 0.2) is 5.69 Å². The summed E-state index contributed by atoms with van der Waals surface area (Å²) >= 11 is 0. The SMILES string of the molecule is CCCC(=O)N1CCC(NC(=O)c2cc(C3CC3)on2)C(C)C1. The van der Waals surface area contributed by atoms with Crippen LogP contribution in [-0.4, -0.2) is 41.0 Å². The number of nitrogens with one attached hydrogen (secondary N) is 1. The van der Waals surface area contributed by atoms with Gasteiger partial charge in [0.2, 0.25) is 5.91 Å². The molecule has 2 aliphatic rings. The second kappa shape index (κ2) is 6.72. The lowest BCUT2D eigenvalue weighted by atomic mass is 9.93. The topological polar surface area (TPSA) is 75.4 Å². The molecular weight excluding hydrogens is 294 g/mol. The Hall–Kier alpha value is -1.85. The standard InChI is InChI=1S/C17H25N3O3/c1-3-4-16(21)20-8-7-13(11(2)10-20)18-17(22)14-9-15(23-19-14)12-5-6-12/h9,11-13H,3-8,10H2,1-2H3,(H,18,22). The van der Waals surface area contributed by atoms with Gasteiger partial charge in [-0.15, -0.1) is 0 Å². The number of piperidine rings is 1. The van der Waals surface area contributed by atoms with Crippen molar-refractivity contribution in [3.8, 4) is 0 Å². The van der Waals surface area contributed by atoms with Crippen LogP contribution in [0.1, 0.15) is 68.1 Å². The highest BCUT2D eigenvalue weighted by Gasteiger charge is 2.32. The van der Waals surface area contributed by atoms with Gasteiger partial charge >= 0.3 is 0 Å². The zero-order chi connectivity index (χ0) is 16.4. The fourth-order valence-electron chi connectivity index (χ4n) is 3.16. The number of hydrogen-bond acceptors (Lipinski definition) is 4. The van der Waals surface area contributed by atoms with E-state index in [1.807, 2.05) is 11.8 Å². The van der Waals surface area contributed by atoms with Crippen LogP contribution in [0.2, 0.25) is 0 Å². The quantitative estimate of drug-likeness (QED) is 0.903. The minimum absolute atomic E-state index is 0.0780. The van der Waals surface area contributed by atoms with Gasteiger partial charge in [0.05, 0.1) is 0 Å². The van der Waals surface area contributed by atoms with Gasteiger partial charge in [0.25, 0.3) is 5.91 Å². The third-order valence-electron chi connectivity index (χ3n) is 4.78. The molecule has 1 aromatic rings. The van der Waals surface area contributed by atoms with E-state index in [-0.39, 0.29) is 23.8 Å². The van der Waals surface area contributed by atoms with Crippen molar-refractivity contribution in [2.75, 3.05) is 13.1 Å². The van der Waals surface area contributed by atoms with Gasteiger partial charge in [-0.05, 0) is 31.6 Å². The normalized spacial score (nSPS) is 24.5. The summed E-state index contributed by atoms with van der Waals surface area (Å²) in [6, 6.07) is 1.84. The summed E-state index contributed by atoms with van der Waals surface area (Å²) in [4.78, 5) is 26.2. The molecule has 3 rings (SSSR count). The van der Waals surface area contributed by atoms with Crippen LogP contribution in [-0.2, 0) is 4.79 Å². The molecule has 0 aromatic carbocycles. The highest BCUT2D eigenvalue weighted by Crippen LogP contribution is 2.40. The number of nitrogens with zero attached hydrogens (tertiary/aromatic N) is 2. The molecule has 6 heteroatoms. The first-order valence-corrected chi connectivity index (χ1v) is 8.63. The Labute approximate surface area is 136 Å². The second-order valence-electron chi connectivity index (χ2n) is 6.82. The van der Waals surface area contributed by atoms with E-state index in [1.165, 1.54) is 0 Å². The summed E-state index contributed by atoms with van der Waals surface area (Å²) in [5.74, 6) is 1.56. The Bertz CT molecular complexity index is 579. The number of carbonyl (C=O) groups is 2. The highest BCUT2D eigenvalue weighted by atomic mass is 16.5. The van der Waals surface area contributed by atoms with Crippen LogP contribution in [0.25, 0.3) is 0 Å². The number of carbonyl (C=O) groups excluding carboxylic acids is 2. The molecule has 2 unspecified atom stereocenters. The molecule has 1 aliphatic carbocycles. The van der Waals surface area contributed by atoms with Crippen LogP contribution in [0, 0.1) is 5.92 Å². The van der Waals surface area contributed by atoms with Crippen molar-refractivity contribution in [1.29, 1.82) is 0 Å². The summed E-state index contributed by atoms with van der Waals surface area (Å²) in [6.45, 7) is 5.51. The van der Waals surface area contributed by atoms with Gasteiger partial charge in [-0.3, -0.25) is 9.59 Å². The Morgan fingerprint density at radius 3 is 2.83 bits per heavy atom. The van der Waals surface area contributed by atoms with Crippen molar-refractivity contribution in [2.45, 2.75) is 57.9 Å². The van der Waals surface area contributed by atoms with Crippen molar-refractivity contribution >= 4 is 11.8 Å². The number of amides is 2. The Kier molecular flexibility index (Phi) is 4.68. The molecule has 1 saturated carbocycles. The molecule has 2 fully saturated rings. The van der Waals surface area contributed by atoms with Gasteiger partial charge < -0.3 is 14.7 Å². The summed E-state index contributed by atoms with van der Waals surface area (Å²) in [6.07, 6.45) is 4.51. The third-order valence-corrected chi connectivity index (χ3v) is 4.78. The van der Waals surface area contributed by atoms with Gasteiger partial charge in [-0.2, -0.15) is 0 Å². The predicted octanol–water partition coefficient (Wildman–Crippen LogP) is 2.32. The molecule has 2 amide bonds. The van der Waals surface area contributed by atoms with Crippen LogP contribution < -0.4 is 5.32 Å². The lowest BCUT2D eigenvalue weighted by Crippen LogP contribution is -2.51. The minimum atomic E-state index is -0.175. The first-order chi connectivity index (χ1) is 11.1. The average molecular weight is 319 g/mol. The Morgan fingerprint density at radius 2 is 2.17 bits per heavy atom. The monoisotopic (exact) mass is 319 g/mol. The lowest BCUT2D eigenvalue weighted by Gasteiger charge is -2.37. The second-order valence-corrected chi connectivity index (χ2v) is 6.82. The van der Waals surface area contributed by atoms with Crippen LogP contribution >= 0.6 is 0 Å². The Balaban J connectivity index is 1.53. The average Bonchev–Trinajstić information content (AvgIpc) is 3.26. The number of aromatic nitrogens is 1. The molecule has 0 radical (unpaired) electrons. The lowest BCUT2D eigenvalue weighted by molar-refractivity contribution is -0.133. The molecule has 2 heterocycles. The fourth-order valence-corrected chi connectivity index (χ4v) is 3.16. The number of hydrogen-bond donors (Lipinski definition) is 1. The van der Waals surface area contributed by atoms with Crippen molar-refractivity contribution in [1.82, 2.24) is 15.4 Å². The molecule has 23 heavy (non-hydrogen) atoms. The minimum Gasteiger partial charge on any atom is -0.360 e. The van der Waals surface area contributed by atoms with E-state index in [2.05, 4.69) is 17.4 Å². The zero-order valence-electron chi connectivity index (χ0n) is 13.9. The summed E-state index contributed by atoms with van der Waals surface area (Å²) in [5.41, 5.74) is 0.364. The largest absolute Gasteiger partial charge is 0.360 e. The predicted molar refractivity (Wildman–Crippen MR) is 85.0 cm³/mol. The smallest absolute Gasteiger partial charge is 0.273 e. The molecule has 2 atom stereocenters.